The molecule has 1 spiro atoms. The molecule has 0 radical (unpaired) electrons. The summed E-state index contributed by atoms with van der Waals surface area (Å²) in [5, 5.41) is 9.81. The van der Waals surface area contributed by atoms with Crippen molar-refractivity contribution in [3.05, 3.63) is 66.2 Å². The number of aliphatic hydroxyl groups is 1. The van der Waals surface area contributed by atoms with Crippen LogP contribution in [-0.4, -0.2) is 68.0 Å². The first-order valence-electron chi connectivity index (χ1n) is 15.3. The van der Waals surface area contributed by atoms with Crippen LogP contribution in [0.2, 0.25) is 18.6 Å². The molecule has 5 atom stereocenters. The zero-order valence-electron chi connectivity index (χ0n) is 25.1. The number of nitrogens with zero attached hydrogens (tertiary/aromatic N) is 3. The average molecular weight is 606 g/mol. The first kappa shape index (κ1) is 29.7. The molecule has 4 heterocycles. The predicted molar refractivity (Wildman–Crippen MR) is 165 cm³/mol. The zero-order valence-corrected chi connectivity index (χ0v) is 26.1. The third kappa shape index (κ3) is 4.65. The minimum atomic E-state index is -3.47. The molecule has 3 amide bonds. The normalized spacial score (nSPS) is 28.5. The second-order valence-electron chi connectivity index (χ2n) is 12.8. The lowest BCUT2D eigenvalue weighted by molar-refractivity contribution is -0.149. The Hall–Kier alpha value is -3.34. The van der Waals surface area contributed by atoms with Gasteiger partial charge in [-0.15, -0.1) is 6.58 Å². The highest BCUT2D eigenvalue weighted by molar-refractivity contribution is 6.72. The van der Waals surface area contributed by atoms with Crippen molar-refractivity contribution < 1.29 is 28.3 Å². The molecule has 4 aliphatic rings. The highest BCUT2D eigenvalue weighted by Gasteiger charge is 2.67. The van der Waals surface area contributed by atoms with Crippen molar-refractivity contribution in [1.82, 2.24) is 4.90 Å². The van der Waals surface area contributed by atoms with Crippen molar-refractivity contribution in [3.8, 4) is 0 Å². The standard InChI is InChI=1S/C33H40FN3O5Si/c1-5-16-36-27-14-13-23(37-26-11-7-6-9-22(26)12-15-29(37)39)18-25(27)33(32(36)41)21(2)31(43(3,4)34)28(42-33)19-30(40)35-17-8-10-24(35)20-38/h5-7,9,11,13-14,18,21,24,28,31,38H,1,8,10,12,15-17,19-20H2,2-4H3/t21-,24-,28+,31-,33+/m0/s1. The van der Waals surface area contributed by atoms with Crippen LogP contribution in [0, 0.1) is 5.92 Å². The van der Waals surface area contributed by atoms with E-state index < -0.39 is 31.6 Å². The number of fused-ring (bicyclic) bond motifs is 3. The summed E-state index contributed by atoms with van der Waals surface area (Å²) in [7, 11) is -3.47. The summed E-state index contributed by atoms with van der Waals surface area (Å²) in [6.45, 7) is 9.61. The molecule has 4 aliphatic heterocycles. The molecule has 2 aromatic rings. The Morgan fingerprint density at radius 1 is 1.19 bits per heavy atom. The van der Waals surface area contributed by atoms with Crippen molar-refractivity contribution in [3.63, 3.8) is 0 Å². The minimum Gasteiger partial charge on any atom is -0.394 e. The summed E-state index contributed by atoms with van der Waals surface area (Å²) >= 11 is 0. The van der Waals surface area contributed by atoms with Crippen molar-refractivity contribution in [2.24, 2.45) is 5.92 Å². The molecule has 0 unspecified atom stereocenters. The van der Waals surface area contributed by atoms with Crippen LogP contribution in [0.15, 0.2) is 55.1 Å². The largest absolute Gasteiger partial charge is 0.394 e. The third-order valence-corrected chi connectivity index (χ3v) is 12.3. The van der Waals surface area contributed by atoms with Gasteiger partial charge in [0, 0.05) is 42.2 Å². The Bertz CT molecular complexity index is 1480. The zero-order chi connectivity index (χ0) is 30.7. The number of para-hydroxylation sites is 1. The SMILES string of the molecule is C=CCN1C(=O)[C@]2(O[C@H](CC(=O)N3CCC[C@H]3CO)[C@@H]([Si](C)(C)F)[C@@H]2C)c2cc(N3C(=O)CCc4ccccc43)ccc21. The molecule has 8 nitrogen and oxygen atoms in total. The maximum absolute atomic E-state index is 16.2. The van der Waals surface area contributed by atoms with E-state index in [1.54, 1.807) is 33.9 Å². The quantitative estimate of drug-likeness (QED) is 0.273. The first-order chi connectivity index (χ1) is 20.5. The number of hydrogen-bond acceptors (Lipinski definition) is 5. The van der Waals surface area contributed by atoms with Gasteiger partial charge in [-0.2, -0.15) is 0 Å². The summed E-state index contributed by atoms with van der Waals surface area (Å²) in [5.41, 5.74) is 1.58. The number of amides is 3. The van der Waals surface area contributed by atoms with Crippen molar-refractivity contribution in [1.29, 1.82) is 0 Å². The highest BCUT2D eigenvalue weighted by Crippen LogP contribution is 2.60. The van der Waals surface area contributed by atoms with Crippen LogP contribution in [0.1, 0.15) is 43.7 Å². The van der Waals surface area contributed by atoms with Crippen LogP contribution in [0.25, 0.3) is 0 Å². The summed E-state index contributed by atoms with van der Waals surface area (Å²) in [4.78, 5) is 46.3. The van der Waals surface area contributed by atoms with Gasteiger partial charge < -0.3 is 23.8 Å². The molecule has 0 aromatic heterocycles. The number of likely N-dealkylation sites (tertiary alicyclic amines) is 1. The fraction of sp³-hybridized carbons (Fsp3) is 0.485. The number of ether oxygens (including phenoxy) is 1. The molecule has 228 valence electrons. The van der Waals surface area contributed by atoms with Crippen molar-refractivity contribution in [2.45, 2.75) is 75.4 Å². The maximum atomic E-state index is 16.2. The Balaban J connectivity index is 1.45. The van der Waals surface area contributed by atoms with E-state index in [1.165, 1.54) is 0 Å². The fourth-order valence-corrected chi connectivity index (χ4v) is 10.5. The van der Waals surface area contributed by atoms with Crippen LogP contribution in [0.3, 0.4) is 0 Å². The second-order valence-corrected chi connectivity index (χ2v) is 16.6. The van der Waals surface area contributed by atoms with Gasteiger partial charge in [0.25, 0.3) is 5.91 Å². The smallest absolute Gasteiger partial charge is 0.264 e. The lowest BCUT2D eigenvalue weighted by atomic mass is 9.82. The Morgan fingerprint density at radius 2 is 1.95 bits per heavy atom. The number of carbonyl (C=O) groups is 3. The molecule has 2 saturated heterocycles. The number of benzene rings is 2. The minimum absolute atomic E-state index is 0.0388. The lowest BCUT2D eigenvalue weighted by Crippen LogP contribution is -2.45. The summed E-state index contributed by atoms with van der Waals surface area (Å²) < 4.78 is 23.0. The van der Waals surface area contributed by atoms with Gasteiger partial charge in [0.05, 0.1) is 36.5 Å². The van der Waals surface area contributed by atoms with Crippen LogP contribution in [0.4, 0.5) is 21.2 Å². The number of aliphatic hydroxyl groups excluding tert-OH is 1. The maximum Gasteiger partial charge on any atom is 0.264 e. The summed E-state index contributed by atoms with van der Waals surface area (Å²) in [5.74, 6) is -1.09. The molecule has 1 N–H and O–H groups in total. The molecule has 10 heteroatoms. The molecule has 6 rings (SSSR count). The van der Waals surface area contributed by atoms with Crippen LogP contribution in [0.5, 0.6) is 0 Å². The van der Waals surface area contributed by atoms with E-state index in [0.717, 1.165) is 24.1 Å². The fourth-order valence-electron chi connectivity index (χ4n) is 8.04. The summed E-state index contributed by atoms with van der Waals surface area (Å²) in [6, 6.07) is 13.1. The number of hydrogen-bond donors (Lipinski definition) is 1. The van der Waals surface area contributed by atoms with E-state index >= 15 is 4.11 Å². The molecular weight excluding hydrogens is 565 g/mol. The van der Waals surface area contributed by atoms with Gasteiger partial charge in [-0.05, 0) is 62.2 Å². The van der Waals surface area contributed by atoms with E-state index in [2.05, 4.69) is 6.58 Å². The van der Waals surface area contributed by atoms with Crippen LogP contribution in [-0.2, 0) is 31.1 Å². The number of anilines is 3. The molecule has 2 fully saturated rings. The predicted octanol–water partition coefficient (Wildman–Crippen LogP) is 4.98. The monoisotopic (exact) mass is 605 g/mol. The number of halogens is 1. The Morgan fingerprint density at radius 3 is 2.67 bits per heavy atom. The van der Waals surface area contributed by atoms with Gasteiger partial charge >= 0.3 is 0 Å². The number of carbonyl (C=O) groups excluding carboxylic acids is 3. The lowest BCUT2D eigenvalue weighted by Gasteiger charge is -2.32. The van der Waals surface area contributed by atoms with E-state index in [9.17, 15) is 19.5 Å². The van der Waals surface area contributed by atoms with E-state index in [4.69, 9.17) is 4.74 Å². The van der Waals surface area contributed by atoms with Crippen LogP contribution >= 0.6 is 0 Å². The van der Waals surface area contributed by atoms with Crippen molar-refractivity contribution in [2.75, 3.05) is 29.5 Å². The van der Waals surface area contributed by atoms with Gasteiger partial charge in [-0.3, -0.25) is 19.3 Å². The van der Waals surface area contributed by atoms with Gasteiger partial charge in [-0.1, -0.05) is 31.2 Å². The van der Waals surface area contributed by atoms with E-state index in [1.807, 2.05) is 49.4 Å². The molecule has 2 aromatic carbocycles. The number of aryl methyl sites for hydroxylation is 1. The topological polar surface area (TPSA) is 90.4 Å². The first-order valence-corrected chi connectivity index (χ1v) is 18.2. The Kier molecular flexibility index (Phi) is 7.59. The van der Waals surface area contributed by atoms with Gasteiger partial charge in [0.2, 0.25) is 20.2 Å². The van der Waals surface area contributed by atoms with Gasteiger partial charge in [0.1, 0.15) is 0 Å². The molecule has 43 heavy (non-hydrogen) atoms. The number of rotatable bonds is 7. The van der Waals surface area contributed by atoms with Gasteiger partial charge in [-0.25, -0.2) is 0 Å². The third-order valence-electron chi connectivity index (χ3n) is 9.89. The Labute approximate surface area is 253 Å². The van der Waals surface area contributed by atoms with E-state index in [-0.39, 0.29) is 43.3 Å². The van der Waals surface area contributed by atoms with Crippen molar-refractivity contribution >= 4 is 43.2 Å². The van der Waals surface area contributed by atoms with E-state index in [0.29, 0.717) is 36.3 Å². The second kappa shape index (κ2) is 11.0. The molecule has 0 saturated carbocycles. The molecular formula is C33H40FN3O5Si. The highest BCUT2D eigenvalue weighted by atomic mass is 28.4. The molecule has 0 aliphatic carbocycles. The van der Waals surface area contributed by atoms with Crippen LogP contribution < -0.4 is 9.80 Å². The average Bonchev–Trinajstić information content (AvgIpc) is 3.63. The molecule has 0 bridgehead atoms. The van der Waals surface area contributed by atoms with Gasteiger partial charge in [0.15, 0.2) is 5.60 Å². The summed E-state index contributed by atoms with van der Waals surface area (Å²) in [6.07, 6.45) is 3.34.